The number of hydrogen-bond acceptors (Lipinski definition) is 5. The van der Waals surface area contributed by atoms with Crippen molar-refractivity contribution in [3.05, 3.63) is 5.82 Å². The van der Waals surface area contributed by atoms with E-state index in [9.17, 15) is 0 Å². The summed E-state index contributed by atoms with van der Waals surface area (Å²) in [6, 6.07) is 0.661. The molecule has 1 aliphatic heterocycles. The fraction of sp³-hybridized carbons (Fsp3) is 0.800. The molecule has 5 nitrogen and oxygen atoms in total. The summed E-state index contributed by atoms with van der Waals surface area (Å²) >= 11 is 0. The van der Waals surface area contributed by atoms with Crippen molar-refractivity contribution in [3.63, 3.8) is 0 Å². The van der Waals surface area contributed by atoms with Gasteiger partial charge in [0.05, 0.1) is 0 Å². The Morgan fingerprint density at radius 2 is 2.47 bits per heavy atom. The molecule has 1 aliphatic rings. The van der Waals surface area contributed by atoms with Crippen LogP contribution >= 0.6 is 0 Å². The zero-order chi connectivity index (χ0) is 10.7. The van der Waals surface area contributed by atoms with E-state index in [-0.39, 0.29) is 0 Å². The highest BCUT2D eigenvalue weighted by atomic mass is 16.5. The van der Waals surface area contributed by atoms with Gasteiger partial charge in [-0.3, -0.25) is 0 Å². The molecule has 2 heterocycles. The standard InChI is InChI=1S/C10H18N4O/c1-8-12-10(15-13-8)14-6-2-3-9(7-14)4-5-11/h9H,2-7,11H2,1H3. The van der Waals surface area contributed by atoms with Gasteiger partial charge in [-0.05, 0) is 38.6 Å². The van der Waals surface area contributed by atoms with Crippen molar-refractivity contribution >= 4 is 6.01 Å². The number of anilines is 1. The monoisotopic (exact) mass is 210 g/mol. The molecule has 1 fully saturated rings. The Morgan fingerprint density at radius 3 is 3.13 bits per heavy atom. The predicted octanol–water partition coefficient (Wildman–Crippen LogP) is 0.943. The van der Waals surface area contributed by atoms with Gasteiger partial charge >= 0.3 is 6.01 Å². The van der Waals surface area contributed by atoms with E-state index in [1.54, 1.807) is 0 Å². The number of nitrogens with two attached hydrogens (primary N) is 1. The van der Waals surface area contributed by atoms with Crippen LogP contribution in [0.1, 0.15) is 25.1 Å². The molecule has 0 bridgehead atoms. The lowest BCUT2D eigenvalue weighted by molar-refractivity contribution is 0.354. The molecule has 0 amide bonds. The van der Waals surface area contributed by atoms with Gasteiger partial charge in [0.25, 0.3) is 0 Å². The summed E-state index contributed by atoms with van der Waals surface area (Å²) in [7, 11) is 0. The molecule has 1 atom stereocenters. The topological polar surface area (TPSA) is 68.2 Å². The van der Waals surface area contributed by atoms with Crippen LogP contribution in [0.4, 0.5) is 6.01 Å². The Bertz CT molecular complexity index is 310. The van der Waals surface area contributed by atoms with Crippen molar-refractivity contribution < 1.29 is 4.52 Å². The average Bonchev–Trinajstić information content (AvgIpc) is 2.66. The van der Waals surface area contributed by atoms with Crippen LogP contribution in [0.5, 0.6) is 0 Å². The predicted molar refractivity (Wildman–Crippen MR) is 57.6 cm³/mol. The first-order valence-electron chi connectivity index (χ1n) is 5.55. The number of rotatable bonds is 3. The molecule has 84 valence electrons. The van der Waals surface area contributed by atoms with Gasteiger partial charge in [0.1, 0.15) is 0 Å². The van der Waals surface area contributed by atoms with E-state index in [4.69, 9.17) is 10.3 Å². The third-order valence-electron chi connectivity index (χ3n) is 2.88. The number of piperidine rings is 1. The second kappa shape index (κ2) is 4.61. The number of hydrogen-bond donors (Lipinski definition) is 1. The van der Waals surface area contributed by atoms with E-state index in [1.165, 1.54) is 12.8 Å². The number of aryl methyl sites for hydroxylation is 1. The molecule has 1 unspecified atom stereocenters. The molecule has 15 heavy (non-hydrogen) atoms. The van der Waals surface area contributed by atoms with Gasteiger partial charge in [0.15, 0.2) is 5.82 Å². The largest absolute Gasteiger partial charge is 0.330 e. The van der Waals surface area contributed by atoms with E-state index in [2.05, 4.69) is 15.0 Å². The minimum absolute atomic E-state index is 0.661. The smallest absolute Gasteiger partial charge is 0.324 e. The van der Waals surface area contributed by atoms with Crippen LogP contribution in [-0.4, -0.2) is 29.8 Å². The molecule has 2 N–H and O–H groups in total. The van der Waals surface area contributed by atoms with E-state index in [1.807, 2.05) is 6.92 Å². The van der Waals surface area contributed by atoms with Crippen molar-refractivity contribution in [1.82, 2.24) is 10.1 Å². The van der Waals surface area contributed by atoms with Crippen LogP contribution in [0.2, 0.25) is 0 Å². The van der Waals surface area contributed by atoms with Gasteiger partial charge in [0.2, 0.25) is 0 Å². The summed E-state index contributed by atoms with van der Waals surface area (Å²) in [6.45, 7) is 4.62. The molecule has 0 spiro atoms. The fourth-order valence-corrected chi connectivity index (χ4v) is 2.12. The van der Waals surface area contributed by atoms with Crippen LogP contribution in [0.3, 0.4) is 0 Å². The highest BCUT2D eigenvalue weighted by Crippen LogP contribution is 2.23. The zero-order valence-corrected chi connectivity index (χ0v) is 9.15. The van der Waals surface area contributed by atoms with Crippen molar-refractivity contribution in [3.8, 4) is 0 Å². The normalized spacial score (nSPS) is 22.0. The third-order valence-corrected chi connectivity index (χ3v) is 2.88. The van der Waals surface area contributed by atoms with E-state index in [0.717, 1.165) is 26.1 Å². The minimum atomic E-state index is 0.661. The van der Waals surface area contributed by atoms with Crippen molar-refractivity contribution in [2.45, 2.75) is 26.2 Å². The third kappa shape index (κ3) is 2.47. The summed E-state index contributed by atoms with van der Waals surface area (Å²) in [5.41, 5.74) is 5.58. The second-order valence-corrected chi connectivity index (χ2v) is 4.16. The van der Waals surface area contributed by atoms with Gasteiger partial charge in [-0.25, -0.2) is 0 Å². The maximum atomic E-state index is 5.58. The molecule has 1 aromatic rings. The zero-order valence-electron chi connectivity index (χ0n) is 9.15. The highest BCUT2D eigenvalue weighted by Gasteiger charge is 2.22. The maximum Gasteiger partial charge on any atom is 0.324 e. The van der Waals surface area contributed by atoms with Crippen molar-refractivity contribution in [1.29, 1.82) is 0 Å². The second-order valence-electron chi connectivity index (χ2n) is 4.16. The molecular weight excluding hydrogens is 192 g/mol. The van der Waals surface area contributed by atoms with Crippen LogP contribution in [-0.2, 0) is 0 Å². The Morgan fingerprint density at radius 1 is 1.60 bits per heavy atom. The molecule has 1 saturated heterocycles. The maximum absolute atomic E-state index is 5.58. The Labute approximate surface area is 89.6 Å². The molecule has 0 aliphatic carbocycles. The lowest BCUT2D eigenvalue weighted by atomic mass is 9.95. The summed E-state index contributed by atoms with van der Waals surface area (Å²) < 4.78 is 5.16. The molecular formula is C10H18N4O. The van der Waals surface area contributed by atoms with E-state index < -0.39 is 0 Å². The van der Waals surface area contributed by atoms with Crippen LogP contribution in [0, 0.1) is 12.8 Å². The van der Waals surface area contributed by atoms with Gasteiger partial charge < -0.3 is 15.2 Å². The lowest BCUT2D eigenvalue weighted by Gasteiger charge is -2.30. The number of aromatic nitrogens is 2. The summed E-state index contributed by atoms with van der Waals surface area (Å²) in [4.78, 5) is 6.42. The fourth-order valence-electron chi connectivity index (χ4n) is 2.12. The van der Waals surface area contributed by atoms with Crippen LogP contribution < -0.4 is 10.6 Å². The summed E-state index contributed by atoms with van der Waals surface area (Å²) in [5, 5.41) is 3.81. The molecule has 2 rings (SSSR count). The van der Waals surface area contributed by atoms with Gasteiger partial charge in [0, 0.05) is 13.1 Å². The molecule has 5 heteroatoms. The van der Waals surface area contributed by atoms with Gasteiger partial charge in [-0.1, -0.05) is 5.16 Å². The van der Waals surface area contributed by atoms with E-state index >= 15 is 0 Å². The summed E-state index contributed by atoms with van der Waals surface area (Å²) in [5.74, 6) is 1.38. The van der Waals surface area contributed by atoms with Crippen LogP contribution in [0.25, 0.3) is 0 Å². The molecule has 0 saturated carbocycles. The molecule has 1 aromatic heterocycles. The van der Waals surface area contributed by atoms with Crippen molar-refractivity contribution in [2.24, 2.45) is 11.7 Å². The minimum Gasteiger partial charge on any atom is -0.330 e. The lowest BCUT2D eigenvalue weighted by Crippen LogP contribution is -2.36. The quantitative estimate of drug-likeness (QED) is 0.804. The average molecular weight is 210 g/mol. The summed E-state index contributed by atoms with van der Waals surface area (Å²) in [6.07, 6.45) is 3.54. The van der Waals surface area contributed by atoms with E-state index in [0.29, 0.717) is 17.8 Å². The first kappa shape index (κ1) is 10.4. The first-order valence-corrected chi connectivity index (χ1v) is 5.55. The highest BCUT2D eigenvalue weighted by molar-refractivity contribution is 5.25. The van der Waals surface area contributed by atoms with Gasteiger partial charge in [-0.15, -0.1) is 0 Å². The number of nitrogens with zero attached hydrogens (tertiary/aromatic N) is 3. The SMILES string of the molecule is Cc1noc(N2CCCC(CCN)C2)n1. The Kier molecular flexibility index (Phi) is 3.20. The Hall–Kier alpha value is -1.10. The van der Waals surface area contributed by atoms with Crippen molar-refractivity contribution in [2.75, 3.05) is 24.5 Å². The first-order chi connectivity index (χ1) is 7.29. The van der Waals surface area contributed by atoms with Gasteiger partial charge in [-0.2, -0.15) is 4.98 Å². The Balaban J connectivity index is 1.98. The molecule has 0 radical (unpaired) electrons. The molecule has 0 aromatic carbocycles. The van der Waals surface area contributed by atoms with Crippen LogP contribution in [0.15, 0.2) is 4.52 Å².